The fourth-order valence-electron chi connectivity index (χ4n) is 6.22. The first-order valence-electron chi connectivity index (χ1n) is 13.8. The third-order valence-corrected chi connectivity index (χ3v) is 8.12. The molecule has 1 nitrogen and oxygen atoms in total. The lowest BCUT2D eigenvalue weighted by Crippen LogP contribution is -1.89. The van der Waals surface area contributed by atoms with Crippen molar-refractivity contribution in [1.29, 1.82) is 0 Å². The molecule has 8 aromatic rings. The summed E-state index contributed by atoms with van der Waals surface area (Å²) in [5.41, 5.74) is 7.96. The molecule has 0 bridgehead atoms. The first kappa shape index (κ1) is 22.8. The van der Waals surface area contributed by atoms with Gasteiger partial charge in [-0.3, -0.25) is 0 Å². The van der Waals surface area contributed by atoms with Gasteiger partial charge in [0.15, 0.2) is 0 Å². The number of furan rings is 1. The SMILES string of the molecule is Cc1ccc(-c2c(-c3ccccc3)oc(-c3ccc4ccc5cccc6ccc3c4c56)c2-c2ccccc2)cc1. The van der Waals surface area contributed by atoms with Crippen LogP contribution in [-0.2, 0) is 0 Å². The summed E-state index contributed by atoms with van der Waals surface area (Å²) in [6.07, 6.45) is 0. The fourth-order valence-corrected chi connectivity index (χ4v) is 6.22. The molecule has 0 radical (unpaired) electrons. The first-order valence-corrected chi connectivity index (χ1v) is 13.8. The maximum absolute atomic E-state index is 7.05. The first-order chi connectivity index (χ1) is 19.8. The largest absolute Gasteiger partial charge is 0.455 e. The molecule has 0 fully saturated rings. The second-order valence-electron chi connectivity index (χ2n) is 10.6. The van der Waals surface area contributed by atoms with E-state index in [0.29, 0.717) is 0 Å². The van der Waals surface area contributed by atoms with Gasteiger partial charge in [-0.25, -0.2) is 0 Å². The molecular formula is C39H26O. The lowest BCUT2D eigenvalue weighted by molar-refractivity contribution is 0.599. The molecule has 0 amide bonds. The molecular weight excluding hydrogens is 484 g/mol. The Balaban J connectivity index is 1.52. The van der Waals surface area contributed by atoms with E-state index in [0.717, 1.165) is 44.9 Å². The van der Waals surface area contributed by atoms with Crippen LogP contribution < -0.4 is 0 Å². The molecule has 0 N–H and O–H groups in total. The Morgan fingerprint density at radius 1 is 0.400 bits per heavy atom. The van der Waals surface area contributed by atoms with Gasteiger partial charge in [-0.15, -0.1) is 0 Å². The zero-order chi connectivity index (χ0) is 26.6. The van der Waals surface area contributed by atoms with E-state index in [1.54, 1.807) is 0 Å². The van der Waals surface area contributed by atoms with Crippen LogP contribution in [0.2, 0.25) is 0 Å². The summed E-state index contributed by atoms with van der Waals surface area (Å²) < 4.78 is 7.05. The maximum atomic E-state index is 7.05. The zero-order valence-electron chi connectivity index (χ0n) is 22.2. The van der Waals surface area contributed by atoms with Gasteiger partial charge in [0.2, 0.25) is 0 Å². The van der Waals surface area contributed by atoms with Gasteiger partial charge in [0.1, 0.15) is 11.5 Å². The molecule has 188 valence electrons. The van der Waals surface area contributed by atoms with Crippen molar-refractivity contribution in [3.63, 3.8) is 0 Å². The van der Waals surface area contributed by atoms with Gasteiger partial charge in [0.05, 0.1) is 0 Å². The summed E-state index contributed by atoms with van der Waals surface area (Å²) in [6.45, 7) is 2.13. The van der Waals surface area contributed by atoms with Crippen LogP contribution in [0.5, 0.6) is 0 Å². The van der Waals surface area contributed by atoms with Crippen LogP contribution in [0.25, 0.3) is 77.2 Å². The second-order valence-corrected chi connectivity index (χ2v) is 10.6. The number of rotatable bonds is 4. The van der Waals surface area contributed by atoms with E-state index in [1.165, 1.54) is 37.9 Å². The fraction of sp³-hybridized carbons (Fsp3) is 0.0256. The Hall–Kier alpha value is -5.14. The molecule has 1 aromatic heterocycles. The van der Waals surface area contributed by atoms with E-state index >= 15 is 0 Å². The van der Waals surface area contributed by atoms with E-state index < -0.39 is 0 Å². The molecule has 7 aromatic carbocycles. The maximum Gasteiger partial charge on any atom is 0.143 e. The molecule has 40 heavy (non-hydrogen) atoms. The summed E-state index contributed by atoms with van der Waals surface area (Å²) >= 11 is 0. The average Bonchev–Trinajstić information content (AvgIpc) is 3.41. The van der Waals surface area contributed by atoms with E-state index in [9.17, 15) is 0 Å². The lowest BCUT2D eigenvalue weighted by atomic mass is 9.88. The van der Waals surface area contributed by atoms with Crippen LogP contribution >= 0.6 is 0 Å². The van der Waals surface area contributed by atoms with Gasteiger partial charge in [0, 0.05) is 22.3 Å². The van der Waals surface area contributed by atoms with Gasteiger partial charge in [-0.2, -0.15) is 0 Å². The predicted octanol–water partition coefficient (Wildman–Crippen LogP) is 11.2. The molecule has 0 saturated carbocycles. The number of aryl methyl sites for hydroxylation is 1. The van der Waals surface area contributed by atoms with Gasteiger partial charge < -0.3 is 4.42 Å². The molecule has 0 aliphatic heterocycles. The standard InChI is InChI=1S/C39H26O/c1-25-15-17-30(18-16-25)36-37(26-9-4-2-5-10-26)39(40-38(36)31-11-6-3-7-12-31)33-24-22-29-20-19-27-13-8-14-28-21-23-32(33)35(29)34(27)28/h2-24H,1H3. The minimum Gasteiger partial charge on any atom is -0.455 e. The van der Waals surface area contributed by atoms with Crippen molar-refractivity contribution >= 4 is 32.3 Å². The van der Waals surface area contributed by atoms with Crippen LogP contribution in [0.4, 0.5) is 0 Å². The van der Waals surface area contributed by atoms with Crippen LogP contribution in [0.15, 0.2) is 144 Å². The lowest BCUT2D eigenvalue weighted by Gasteiger charge is -2.14. The monoisotopic (exact) mass is 510 g/mol. The van der Waals surface area contributed by atoms with Crippen molar-refractivity contribution in [1.82, 2.24) is 0 Å². The summed E-state index contributed by atoms with van der Waals surface area (Å²) in [6, 6.07) is 50.0. The van der Waals surface area contributed by atoms with Crippen LogP contribution in [0.1, 0.15) is 5.56 Å². The minimum atomic E-state index is 0.893. The van der Waals surface area contributed by atoms with E-state index in [1.807, 2.05) is 0 Å². The Labute approximate surface area is 233 Å². The van der Waals surface area contributed by atoms with Crippen molar-refractivity contribution in [3.05, 3.63) is 145 Å². The molecule has 0 saturated heterocycles. The van der Waals surface area contributed by atoms with Gasteiger partial charge in [0.25, 0.3) is 0 Å². The highest BCUT2D eigenvalue weighted by Gasteiger charge is 2.26. The van der Waals surface area contributed by atoms with Crippen molar-refractivity contribution in [2.45, 2.75) is 6.92 Å². The molecule has 1 heteroatoms. The summed E-state index contributed by atoms with van der Waals surface area (Å²) in [7, 11) is 0. The average molecular weight is 511 g/mol. The Bertz CT molecular complexity index is 2120. The number of hydrogen-bond acceptors (Lipinski definition) is 1. The molecule has 0 unspecified atom stereocenters. The third kappa shape index (κ3) is 3.48. The van der Waals surface area contributed by atoms with Crippen molar-refractivity contribution in [3.8, 4) is 44.9 Å². The number of hydrogen-bond donors (Lipinski definition) is 0. The minimum absolute atomic E-state index is 0.893. The highest BCUT2D eigenvalue weighted by atomic mass is 16.3. The summed E-state index contributed by atoms with van der Waals surface area (Å²) in [5.74, 6) is 1.79. The van der Waals surface area contributed by atoms with E-state index in [-0.39, 0.29) is 0 Å². The summed E-state index contributed by atoms with van der Waals surface area (Å²) in [4.78, 5) is 0. The summed E-state index contributed by atoms with van der Waals surface area (Å²) in [5, 5.41) is 7.60. The third-order valence-electron chi connectivity index (χ3n) is 8.12. The van der Waals surface area contributed by atoms with Crippen LogP contribution in [0, 0.1) is 6.92 Å². The van der Waals surface area contributed by atoms with Gasteiger partial charge in [-0.05, 0) is 56.4 Å². The Morgan fingerprint density at radius 2 is 0.950 bits per heavy atom. The normalized spacial score (nSPS) is 11.6. The predicted molar refractivity (Wildman–Crippen MR) is 169 cm³/mol. The highest BCUT2D eigenvalue weighted by molar-refractivity contribution is 6.25. The quantitative estimate of drug-likeness (QED) is 0.215. The van der Waals surface area contributed by atoms with Gasteiger partial charge in [-0.1, -0.05) is 139 Å². The van der Waals surface area contributed by atoms with Gasteiger partial charge >= 0.3 is 0 Å². The number of benzene rings is 7. The smallest absolute Gasteiger partial charge is 0.143 e. The topological polar surface area (TPSA) is 13.1 Å². The Kier molecular flexibility index (Phi) is 5.11. The van der Waals surface area contributed by atoms with Crippen molar-refractivity contribution < 1.29 is 4.42 Å². The van der Waals surface area contributed by atoms with Crippen LogP contribution in [-0.4, -0.2) is 0 Å². The molecule has 8 rings (SSSR count). The Morgan fingerprint density at radius 3 is 1.65 bits per heavy atom. The molecule has 0 atom stereocenters. The van der Waals surface area contributed by atoms with E-state index in [4.69, 9.17) is 4.42 Å². The van der Waals surface area contributed by atoms with Crippen molar-refractivity contribution in [2.24, 2.45) is 0 Å². The molecule has 0 aliphatic rings. The van der Waals surface area contributed by atoms with E-state index in [2.05, 4.69) is 146 Å². The molecule has 0 aliphatic carbocycles. The molecule has 1 heterocycles. The van der Waals surface area contributed by atoms with Crippen molar-refractivity contribution in [2.75, 3.05) is 0 Å². The zero-order valence-corrected chi connectivity index (χ0v) is 22.2. The van der Waals surface area contributed by atoms with Crippen LogP contribution in [0.3, 0.4) is 0 Å². The second kappa shape index (κ2) is 8.97. The molecule has 0 spiro atoms. The highest BCUT2D eigenvalue weighted by Crippen LogP contribution is 2.50.